The summed E-state index contributed by atoms with van der Waals surface area (Å²) in [6, 6.07) is 18.6. The van der Waals surface area contributed by atoms with Crippen molar-refractivity contribution >= 4 is 64.5 Å². The Labute approximate surface area is 260 Å². The number of morpholine rings is 1. The molecule has 216 valence electrons. The van der Waals surface area contributed by atoms with Gasteiger partial charge in [-0.3, -0.25) is 9.59 Å². The van der Waals surface area contributed by atoms with Crippen molar-refractivity contribution in [1.82, 2.24) is 14.7 Å². The minimum atomic E-state index is -0.166. The van der Waals surface area contributed by atoms with Gasteiger partial charge in [-0.1, -0.05) is 70.8 Å². The van der Waals surface area contributed by atoms with E-state index in [1.54, 1.807) is 35.2 Å². The molecule has 0 bridgehead atoms. The van der Waals surface area contributed by atoms with E-state index in [4.69, 9.17) is 39.5 Å². The Bertz CT molecular complexity index is 1410. The summed E-state index contributed by atoms with van der Waals surface area (Å²) in [4.78, 5) is 33.8. The predicted molar refractivity (Wildman–Crippen MR) is 168 cm³/mol. The summed E-state index contributed by atoms with van der Waals surface area (Å²) in [7, 11) is 3.95. The summed E-state index contributed by atoms with van der Waals surface area (Å²) in [5.41, 5.74) is 2.15. The molecule has 1 aliphatic rings. The monoisotopic (exact) mass is 631 g/mol. The van der Waals surface area contributed by atoms with Gasteiger partial charge >= 0.3 is 0 Å². The van der Waals surface area contributed by atoms with E-state index in [1.807, 2.05) is 60.3 Å². The molecule has 1 fully saturated rings. The summed E-state index contributed by atoms with van der Waals surface area (Å²) in [6.45, 7) is 3.84. The summed E-state index contributed by atoms with van der Waals surface area (Å²) < 4.78 is 5.31. The molecule has 0 radical (unpaired) electrons. The number of nitrogens with zero attached hydrogens (tertiary/aromatic N) is 3. The van der Waals surface area contributed by atoms with Gasteiger partial charge in [-0.05, 0) is 67.7 Å². The van der Waals surface area contributed by atoms with Gasteiger partial charge in [0.25, 0.3) is 5.91 Å². The van der Waals surface area contributed by atoms with Gasteiger partial charge in [0, 0.05) is 53.6 Å². The van der Waals surface area contributed by atoms with Crippen molar-refractivity contribution in [3.05, 3.63) is 98.5 Å². The molecule has 41 heavy (non-hydrogen) atoms. The van der Waals surface area contributed by atoms with E-state index in [1.165, 1.54) is 17.8 Å². The fraction of sp³-hybridized carbons (Fsp3) is 0.290. The lowest BCUT2D eigenvalue weighted by molar-refractivity contribution is -0.129. The van der Waals surface area contributed by atoms with Gasteiger partial charge in [0.15, 0.2) is 0 Å². The Morgan fingerprint density at radius 3 is 2.39 bits per heavy atom. The SMILES string of the molecule is CN(C)CCN(Cc1ccccc1Sc1ccc(Cl)cc1Cl)C(=O)c1ccc(C=CC(=O)N2CCOCC2)cc1Cl. The highest BCUT2D eigenvalue weighted by Crippen LogP contribution is 2.37. The van der Waals surface area contributed by atoms with Crippen LogP contribution in [-0.2, 0) is 16.1 Å². The molecule has 0 saturated carbocycles. The van der Waals surface area contributed by atoms with E-state index in [9.17, 15) is 9.59 Å². The van der Waals surface area contributed by atoms with Crippen LogP contribution in [0.4, 0.5) is 0 Å². The van der Waals surface area contributed by atoms with E-state index in [0.29, 0.717) is 66.6 Å². The lowest BCUT2D eigenvalue weighted by Gasteiger charge is -2.26. The average Bonchev–Trinajstić information content (AvgIpc) is 2.96. The quantitative estimate of drug-likeness (QED) is 0.228. The molecular formula is C31H32Cl3N3O3S. The Hall–Kier alpha value is -2.52. The first-order valence-corrected chi connectivity index (χ1v) is 15.2. The highest BCUT2D eigenvalue weighted by Gasteiger charge is 2.21. The van der Waals surface area contributed by atoms with Crippen LogP contribution in [0.15, 0.2) is 76.5 Å². The van der Waals surface area contributed by atoms with Gasteiger partial charge in [0.2, 0.25) is 5.91 Å². The van der Waals surface area contributed by atoms with Gasteiger partial charge in [-0.2, -0.15) is 0 Å². The number of hydrogen-bond donors (Lipinski definition) is 0. The van der Waals surface area contributed by atoms with Gasteiger partial charge < -0.3 is 19.4 Å². The van der Waals surface area contributed by atoms with Crippen molar-refractivity contribution in [2.75, 3.05) is 53.5 Å². The van der Waals surface area contributed by atoms with Crippen molar-refractivity contribution in [2.24, 2.45) is 0 Å². The molecule has 0 aliphatic carbocycles. The first-order valence-electron chi connectivity index (χ1n) is 13.2. The zero-order valence-electron chi connectivity index (χ0n) is 23.0. The number of carbonyl (C=O) groups excluding carboxylic acids is 2. The molecule has 3 aromatic rings. The number of benzene rings is 3. The first kappa shape index (κ1) is 31.4. The molecule has 0 aromatic heterocycles. The van der Waals surface area contributed by atoms with Gasteiger partial charge in [0.1, 0.15) is 0 Å². The van der Waals surface area contributed by atoms with Crippen molar-refractivity contribution in [2.45, 2.75) is 16.3 Å². The van der Waals surface area contributed by atoms with Crippen LogP contribution in [0, 0.1) is 0 Å². The fourth-order valence-electron chi connectivity index (χ4n) is 4.22. The lowest BCUT2D eigenvalue weighted by atomic mass is 10.1. The Morgan fingerprint density at radius 1 is 0.927 bits per heavy atom. The third-order valence-electron chi connectivity index (χ3n) is 6.52. The normalized spacial score (nSPS) is 13.7. The molecule has 0 spiro atoms. The molecule has 1 aliphatic heterocycles. The molecule has 10 heteroatoms. The van der Waals surface area contributed by atoms with Crippen LogP contribution in [-0.4, -0.2) is 80.0 Å². The lowest BCUT2D eigenvalue weighted by Crippen LogP contribution is -2.39. The highest BCUT2D eigenvalue weighted by molar-refractivity contribution is 7.99. The van der Waals surface area contributed by atoms with Crippen molar-refractivity contribution < 1.29 is 14.3 Å². The molecule has 1 saturated heterocycles. The number of hydrogen-bond acceptors (Lipinski definition) is 5. The van der Waals surface area contributed by atoms with E-state index >= 15 is 0 Å². The van der Waals surface area contributed by atoms with Crippen LogP contribution in [0.3, 0.4) is 0 Å². The zero-order valence-corrected chi connectivity index (χ0v) is 26.1. The zero-order chi connectivity index (χ0) is 29.4. The van der Waals surface area contributed by atoms with Crippen LogP contribution in [0.2, 0.25) is 15.1 Å². The minimum Gasteiger partial charge on any atom is -0.378 e. The highest BCUT2D eigenvalue weighted by atomic mass is 35.5. The molecule has 0 atom stereocenters. The van der Waals surface area contributed by atoms with Crippen LogP contribution in [0.25, 0.3) is 6.08 Å². The summed E-state index contributed by atoms with van der Waals surface area (Å²) in [5.74, 6) is -0.239. The maximum Gasteiger partial charge on any atom is 0.255 e. The second kappa shape index (κ2) is 15.1. The third-order valence-corrected chi connectivity index (χ3v) is 8.68. The smallest absolute Gasteiger partial charge is 0.255 e. The Kier molecular flexibility index (Phi) is 11.6. The Balaban J connectivity index is 1.53. The second-order valence-electron chi connectivity index (χ2n) is 9.82. The molecular weight excluding hydrogens is 601 g/mol. The van der Waals surface area contributed by atoms with E-state index in [-0.39, 0.29) is 11.8 Å². The standard InChI is InChI=1S/C31H32Cl3N3O3S/c1-35(2)13-14-37(21-23-5-3-4-6-28(23)41-29-11-9-24(32)20-27(29)34)31(39)25-10-7-22(19-26(25)33)8-12-30(38)36-15-17-40-18-16-36/h3-12,19-20H,13-18,21H2,1-2H3. The number of carbonyl (C=O) groups is 2. The number of rotatable bonds is 10. The molecule has 0 unspecified atom stereocenters. The fourth-order valence-corrected chi connectivity index (χ4v) is 5.96. The van der Waals surface area contributed by atoms with Crippen LogP contribution in [0.5, 0.6) is 0 Å². The second-order valence-corrected chi connectivity index (χ2v) is 12.2. The van der Waals surface area contributed by atoms with Gasteiger partial charge in [-0.15, -0.1) is 0 Å². The maximum atomic E-state index is 13.8. The molecule has 0 N–H and O–H groups in total. The number of likely N-dealkylation sites (N-methyl/N-ethyl adjacent to an activating group) is 1. The average molecular weight is 633 g/mol. The van der Waals surface area contributed by atoms with Crippen molar-refractivity contribution in [3.63, 3.8) is 0 Å². The van der Waals surface area contributed by atoms with Gasteiger partial charge in [-0.25, -0.2) is 0 Å². The van der Waals surface area contributed by atoms with E-state index in [0.717, 1.165) is 20.9 Å². The molecule has 3 aromatic carbocycles. The Morgan fingerprint density at radius 2 is 1.68 bits per heavy atom. The van der Waals surface area contributed by atoms with Gasteiger partial charge in [0.05, 0.1) is 28.8 Å². The van der Waals surface area contributed by atoms with Crippen molar-refractivity contribution in [3.8, 4) is 0 Å². The van der Waals surface area contributed by atoms with Crippen LogP contribution < -0.4 is 0 Å². The molecule has 4 rings (SSSR count). The molecule has 2 amide bonds. The van der Waals surface area contributed by atoms with Crippen LogP contribution in [0.1, 0.15) is 21.5 Å². The minimum absolute atomic E-state index is 0.0733. The van der Waals surface area contributed by atoms with E-state index < -0.39 is 0 Å². The number of ether oxygens (including phenoxy) is 1. The summed E-state index contributed by atoms with van der Waals surface area (Å²) in [6.07, 6.45) is 3.25. The molecule has 6 nitrogen and oxygen atoms in total. The number of amides is 2. The molecule has 1 heterocycles. The summed E-state index contributed by atoms with van der Waals surface area (Å²) >= 11 is 20.7. The maximum absolute atomic E-state index is 13.8. The topological polar surface area (TPSA) is 53.1 Å². The largest absolute Gasteiger partial charge is 0.378 e. The van der Waals surface area contributed by atoms with Crippen LogP contribution >= 0.6 is 46.6 Å². The van der Waals surface area contributed by atoms with Crippen molar-refractivity contribution in [1.29, 1.82) is 0 Å². The summed E-state index contributed by atoms with van der Waals surface area (Å²) in [5, 5.41) is 1.49. The third kappa shape index (κ3) is 8.98. The predicted octanol–water partition coefficient (Wildman–Crippen LogP) is 6.87. The number of halogens is 3. The first-order chi connectivity index (χ1) is 19.7. The van der Waals surface area contributed by atoms with E-state index in [2.05, 4.69) is 0 Å².